The molecule has 11 heavy (non-hydrogen) atoms. The molecule has 0 spiro atoms. The van der Waals surface area contributed by atoms with Crippen LogP contribution < -0.4 is 0 Å². The molecule has 0 aliphatic rings. The summed E-state index contributed by atoms with van der Waals surface area (Å²) in [6.45, 7) is 4.04. The third-order valence-electron chi connectivity index (χ3n) is 1.22. The third kappa shape index (κ3) is 5.18. The zero-order valence-corrected chi connectivity index (χ0v) is 10.7. The number of carbonyl (C=O) groups is 1. The van der Waals surface area contributed by atoms with E-state index in [1.54, 1.807) is 1.33 Å². The molecule has 1 atom stereocenters. The molecule has 1 unspecified atom stereocenters. The molecule has 1 N–H and O–H groups in total. The molecule has 0 aromatic carbocycles. The van der Waals surface area contributed by atoms with Crippen LogP contribution in [0.1, 0.15) is 20.3 Å². The van der Waals surface area contributed by atoms with Crippen LogP contribution in [-0.4, -0.2) is 18.4 Å². The monoisotopic (exact) mass is 383 g/mol. The quantitative estimate of drug-likeness (QED) is 0.600. The maximum atomic E-state index is 10.6. The SMILES string of the molecule is CC(C)CC(C(=O)O)N(I)I. The standard InChI is InChI=1S/C6H11I2NO2/c1-4(2)3-5(6(10)11)9(7)8/h4-5H,3H2,1-2H3,(H,10,11). The summed E-state index contributed by atoms with van der Waals surface area (Å²) >= 11 is 3.98. The molecule has 0 aromatic heterocycles. The minimum atomic E-state index is -0.748. The zero-order chi connectivity index (χ0) is 9.02. The number of hydrogen-bond acceptors (Lipinski definition) is 2. The Bertz CT molecular complexity index is 139. The summed E-state index contributed by atoms with van der Waals surface area (Å²) in [4.78, 5) is 10.6. The molecular weight excluding hydrogens is 372 g/mol. The fourth-order valence-electron chi connectivity index (χ4n) is 0.711. The lowest BCUT2D eigenvalue weighted by molar-refractivity contribution is -0.140. The number of hydrogen-bond donors (Lipinski definition) is 1. The van der Waals surface area contributed by atoms with Gasteiger partial charge in [-0.1, -0.05) is 13.8 Å². The van der Waals surface area contributed by atoms with E-state index in [2.05, 4.69) is 0 Å². The maximum absolute atomic E-state index is 10.6. The normalized spacial score (nSPS) is 14.0. The van der Waals surface area contributed by atoms with E-state index in [-0.39, 0.29) is 6.04 Å². The van der Waals surface area contributed by atoms with Gasteiger partial charge < -0.3 is 5.11 Å². The highest BCUT2D eigenvalue weighted by atomic mass is 127. The van der Waals surface area contributed by atoms with Gasteiger partial charge in [-0.15, -0.1) is 0 Å². The average molecular weight is 383 g/mol. The molecule has 0 radical (unpaired) electrons. The number of rotatable bonds is 4. The summed E-state index contributed by atoms with van der Waals surface area (Å²) in [5.41, 5.74) is 0. The van der Waals surface area contributed by atoms with E-state index in [9.17, 15) is 4.79 Å². The van der Waals surface area contributed by atoms with Crippen molar-refractivity contribution in [2.75, 3.05) is 0 Å². The van der Waals surface area contributed by atoms with E-state index in [1.165, 1.54) is 0 Å². The molecule has 0 saturated carbocycles. The van der Waals surface area contributed by atoms with Crippen molar-refractivity contribution in [3.63, 3.8) is 0 Å². The number of nitrogens with zero attached hydrogens (tertiary/aromatic N) is 1. The molecule has 5 heteroatoms. The summed E-state index contributed by atoms with van der Waals surface area (Å²) in [5, 5.41) is 8.74. The number of aliphatic carboxylic acids is 1. The topological polar surface area (TPSA) is 40.5 Å². The van der Waals surface area contributed by atoms with Crippen molar-refractivity contribution in [3.05, 3.63) is 0 Å². The first-order valence-electron chi connectivity index (χ1n) is 3.28. The van der Waals surface area contributed by atoms with Crippen LogP contribution >= 0.6 is 45.7 Å². The predicted octanol–water partition coefficient (Wildman–Crippen LogP) is 2.49. The second kappa shape index (κ2) is 5.52. The first-order valence-corrected chi connectivity index (χ1v) is 5.21. The van der Waals surface area contributed by atoms with Gasteiger partial charge in [0.15, 0.2) is 0 Å². The van der Waals surface area contributed by atoms with Crippen LogP contribution in [0.4, 0.5) is 0 Å². The Labute approximate surface area is 94.5 Å². The Balaban J connectivity index is 4.01. The van der Waals surface area contributed by atoms with Gasteiger partial charge in [0.25, 0.3) is 0 Å². The van der Waals surface area contributed by atoms with E-state index < -0.39 is 5.97 Å². The van der Waals surface area contributed by atoms with E-state index >= 15 is 0 Å². The molecule has 0 aliphatic heterocycles. The fraction of sp³-hybridized carbons (Fsp3) is 0.833. The van der Waals surface area contributed by atoms with Gasteiger partial charge in [-0.25, -0.2) is 0 Å². The van der Waals surface area contributed by atoms with Gasteiger partial charge in [-0.05, 0) is 12.3 Å². The Morgan fingerprint density at radius 3 is 2.09 bits per heavy atom. The predicted molar refractivity (Wildman–Crippen MR) is 60.8 cm³/mol. The number of halogens is 2. The zero-order valence-electron chi connectivity index (χ0n) is 6.42. The van der Waals surface area contributed by atoms with Crippen molar-refractivity contribution < 1.29 is 9.90 Å². The molecule has 0 amide bonds. The molecule has 0 bridgehead atoms. The molecule has 0 aliphatic carbocycles. The molecule has 3 nitrogen and oxygen atoms in total. The summed E-state index contributed by atoms with van der Waals surface area (Å²) in [5.74, 6) is -0.328. The van der Waals surface area contributed by atoms with Crippen LogP contribution in [0.25, 0.3) is 0 Å². The third-order valence-corrected chi connectivity index (χ3v) is 2.56. The van der Waals surface area contributed by atoms with Crippen LogP contribution in [-0.2, 0) is 4.79 Å². The van der Waals surface area contributed by atoms with Gasteiger partial charge >= 0.3 is 5.97 Å². The second-order valence-electron chi connectivity index (χ2n) is 2.74. The van der Waals surface area contributed by atoms with Gasteiger partial charge in [0, 0.05) is 45.7 Å². The Kier molecular flexibility index (Phi) is 5.97. The molecule has 0 saturated heterocycles. The van der Waals surface area contributed by atoms with Crippen LogP contribution in [0.3, 0.4) is 0 Å². The minimum Gasteiger partial charge on any atom is -0.480 e. The van der Waals surface area contributed by atoms with Gasteiger partial charge in [0.05, 0.1) is 0 Å². The average Bonchev–Trinajstić information content (AvgIpc) is 1.81. The Hall–Kier alpha value is 0.890. The van der Waals surface area contributed by atoms with Gasteiger partial charge in [-0.2, -0.15) is 1.33 Å². The first-order chi connectivity index (χ1) is 4.95. The van der Waals surface area contributed by atoms with Crippen LogP contribution in [0.2, 0.25) is 0 Å². The molecular formula is C6H11I2NO2. The molecule has 0 fully saturated rings. The fourth-order valence-corrected chi connectivity index (χ4v) is 1.64. The second-order valence-corrected chi connectivity index (χ2v) is 6.67. The van der Waals surface area contributed by atoms with E-state index in [0.717, 1.165) is 0 Å². The molecule has 0 rings (SSSR count). The minimum absolute atomic E-state index is 0.365. The van der Waals surface area contributed by atoms with Crippen molar-refractivity contribution in [1.29, 1.82) is 0 Å². The molecule has 66 valence electrons. The molecule has 0 aromatic rings. The first kappa shape index (κ1) is 11.9. The van der Waals surface area contributed by atoms with E-state index in [4.69, 9.17) is 5.11 Å². The van der Waals surface area contributed by atoms with Crippen molar-refractivity contribution in [2.45, 2.75) is 26.3 Å². The lowest BCUT2D eigenvalue weighted by atomic mass is 10.1. The smallest absolute Gasteiger partial charge is 0.322 e. The van der Waals surface area contributed by atoms with Crippen LogP contribution in [0.15, 0.2) is 0 Å². The van der Waals surface area contributed by atoms with Crippen molar-refractivity contribution >= 4 is 51.7 Å². The lowest BCUT2D eigenvalue weighted by Crippen LogP contribution is -2.29. The lowest BCUT2D eigenvalue weighted by Gasteiger charge is -2.17. The van der Waals surface area contributed by atoms with E-state index in [1.807, 2.05) is 59.6 Å². The highest BCUT2D eigenvalue weighted by molar-refractivity contribution is 14.2. The van der Waals surface area contributed by atoms with Crippen molar-refractivity contribution in [1.82, 2.24) is 1.33 Å². The molecule has 0 heterocycles. The van der Waals surface area contributed by atoms with Gasteiger partial charge in [-0.3, -0.25) is 4.79 Å². The summed E-state index contributed by atoms with van der Waals surface area (Å²) in [7, 11) is 0. The van der Waals surface area contributed by atoms with Crippen LogP contribution in [0, 0.1) is 5.92 Å². The largest absolute Gasteiger partial charge is 0.480 e. The summed E-state index contributed by atoms with van der Waals surface area (Å²) in [6.07, 6.45) is 0.696. The van der Waals surface area contributed by atoms with Crippen molar-refractivity contribution in [3.8, 4) is 0 Å². The van der Waals surface area contributed by atoms with Crippen LogP contribution in [0.5, 0.6) is 0 Å². The number of carboxylic acids is 1. The van der Waals surface area contributed by atoms with Crippen molar-refractivity contribution in [2.24, 2.45) is 5.92 Å². The summed E-state index contributed by atoms with van der Waals surface area (Å²) in [6, 6.07) is -0.365. The highest BCUT2D eigenvalue weighted by Crippen LogP contribution is 2.19. The van der Waals surface area contributed by atoms with Gasteiger partial charge in [0.1, 0.15) is 6.04 Å². The summed E-state index contributed by atoms with van der Waals surface area (Å²) < 4.78 is 1.68. The Morgan fingerprint density at radius 1 is 1.55 bits per heavy atom. The maximum Gasteiger partial charge on any atom is 0.322 e. The van der Waals surface area contributed by atoms with Gasteiger partial charge in [0.2, 0.25) is 0 Å². The van der Waals surface area contributed by atoms with E-state index in [0.29, 0.717) is 12.3 Å². The Morgan fingerprint density at radius 2 is 2.00 bits per heavy atom. The number of carboxylic acid groups (broad SMARTS) is 1. The highest BCUT2D eigenvalue weighted by Gasteiger charge is 2.22.